The van der Waals surface area contributed by atoms with Crippen LogP contribution in [-0.4, -0.2) is 29.1 Å². The monoisotopic (exact) mass is 445 g/mol. The van der Waals surface area contributed by atoms with Crippen molar-refractivity contribution in [2.45, 2.75) is 0 Å². The van der Waals surface area contributed by atoms with E-state index < -0.39 is 4.92 Å². The van der Waals surface area contributed by atoms with Crippen LogP contribution in [0.15, 0.2) is 53.3 Å². The summed E-state index contributed by atoms with van der Waals surface area (Å²) < 4.78 is 11.3. The number of nitrogens with zero attached hydrogens (tertiary/aromatic N) is 3. The van der Waals surface area contributed by atoms with Crippen LogP contribution in [0.3, 0.4) is 0 Å². The Hall–Kier alpha value is -3.40. The van der Waals surface area contributed by atoms with Gasteiger partial charge in [0.25, 0.3) is 0 Å². The van der Waals surface area contributed by atoms with E-state index in [1.54, 1.807) is 36.4 Å². The molecule has 10 heteroatoms. The van der Waals surface area contributed by atoms with Crippen LogP contribution >= 0.6 is 15.9 Å². The van der Waals surface area contributed by atoms with Gasteiger partial charge in [-0.15, -0.1) is 0 Å². The molecule has 0 saturated carbocycles. The number of nitro groups is 1. The Bertz CT molecular complexity index is 1020. The van der Waals surface area contributed by atoms with E-state index in [0.29, 0.717) is 22.9 Å². The maximum Gasteiger partial charge on any atom is 0.353 e. The van der Waals surface area contributed by atoms with Crippen molar-refractivity contribution in [3.05, 3.63) is 63.4 Å². The number of hydrogen-bond acceptors (Lipinski definition) is 8. The molecule has 0 unspecified atom stereocenters. The highest BCUT2D eigenvalue weighted by atomic mass is 79.9. The second-order valence-corrected chi connectivity index (χ2v) is 6.42. The van der Waals surface area contributed by atoms with Crippen molar-refractivity contribution in [3.63, 3.8) is 0 Å². The van der Waals surface area contributed by atoms with Crippen molar-refractivity contribution in [1.29, 1.82) is 0 Å². The van der Waals surface area contributed by atoms with Crippen LogP contribution in [0.5, 0.6) is 11.5 Å². The maximum absolute atomic E-state index is 11.7. The van der Waals surface area contributed by atoms with Crippen molar-refractivity contribution in [2.24, 2.45) is 0 Å². The number of ether oxygens (including phenoxy) is 2. The third kappa shape index (κ3) is 4.29. The Morgan fingerprint density at radius 1 is 1.04 bits per heavy atom. The second-order valence-electron chi connectivity index (χ2n) is 5.50. The quantitative estimate of drug-likeness (QED) is 0.399. The minimum absolute atomic E-state index is 0.0287. The molecule has 0 saturated heterocycles. The molecule has 3 rings (SSSR count). The molecule has 2 aromatic carbocycles. The highest BCUT2D eigenvalue weighted by Gasteiger charge is 2.24. The first kappa shape index (κ1) is 19.4. The molecule has 2 N–H and O–H groups in total. The summed E-state index contributed by atoms with van der Waals surface area (Å²) in [5.74, 6) is 1.14. The molecule has 0 atom stereocenters. The predicted molar refractivity (Wildman–Crippen MR) is 109 cm³/mol. The first-order valence-electron chi connectivity index (χ1n) is 8.03. The molecule has 1 aromatic heterocycles. The average molecular weight is 446 g/mol. The zero-order valence-electron chi connectivity index (χ0n) is 15.0. The number of hydrogen-bond donors (Lipinski definition) is 2. The van der Waals surface area contributed by atoms with Gasteiger partial charge in [0.05, 0.1) is 24.8 Å². The average Bonchev–Trinajstić information content (AvgIpc) is 2.68. The molecular formula is C18H16BrN5O4. The lowest BCUT2D eigenvalue weighted by molar-refractivity contribution is -0.383. The summed E-state index contributed by atoms with van der Waals surface area (Å²) in [7, 11) is 3.03. The van der Waals surface area contributed by atoms with Gasteiger partial charge in [-0.05, 0) is 30.3 Å². The van der Waals surface area contributed by atoms with E-state index in [0.717, 1.165) is 4.47 Å². The summed E-state index contributed by atoms with van der Waals surface area (Å²) in [6.07, 6.45) is 1.24. The summed E-state index contributed by atoms with van der Waals surface area (Å²) >= 11 is 3.37. The van der Waals surface area contributed by atoms with Crippen LogP contribution < -0.4 is 20.1 Å². The molecule has 1 heterocycles. The van der Waals surface area contributed by atoms with Gasteiger partial charge in [-0.1, -0.05) is 22.0 Å². The fourth-order valence-corrected chi connectivity index (χ4v) is 2.87. The lowest BCUT2D eigenvalue weighted by Gasteiger charge is -2.13. The summed E-state index contributed by atoms with van der Waals surface area (Å²) in [4.78, 5) is 19.2. The smallest absolute Gasteiger partial charge is 0.353 e. The summed E-state index contributed by atoms with van der Waals surface area (Å²) in [6.45, 7) is 0. The zero-order chi connectivity index (χ0) is 20.1. The third-order valence-electron chi connectivity index (χ3n) is 3.75. The fraction of sp³-hybridized carbons (Fsp3) is 0.111. The van der Waals surface area contributed by atoms with Gasteiger partial charge in [0.1, 0.15) is 17.8 Å². The van der Waals surface area contributed by atoms with Gasteiger partial charge >= 0.3 is 5.69 Å². The first-order valence-corrected chi connectivity index (χ1v) is 8.82. The third-order valence-corrected chi connectivity index (χ3v) is 4.25. The topological polar surface area (TPSA) is 111 Å². The van der Waals surface area contributed by atoms with Crippen LogP contribution in [0.2, 0.25) is 0 Å². The van der Waals surface area contributed by atoms with Crippen LogP contribution in [0.1, 0.15) is 0 Å². The van der Waals surface area contributed by atoms with Gasteiger partial charge in [0.2, 0.25) is 11.6 Å². The van der Waals surface area contributed by atoms with E-state index in [1.807, 2.05) is 6.07 Å². The number of methoxy groups -OCH3 is 2. The normalized spacial score (nSPS) is 10.2. The molecule has 3 aromatic rings. The number of benzene rings is 2. The van der Waals surface area contributed by atoms with Gasteiger partial charge in [-0.3, -0.25) is 10.1 Å². The van der Waals surface area contributed by atoms with E-state index in [1.165, 1.54) is 20.5 Å². The number of halogens is 1. The number of nitrogens with one attached hydrogen (secondary N) is 2. The minimum Gasteiger partial charge on any atom is -0.497 e. The molecule has 0 aliphatic rings. The zero-order valence-corrected chi connectivity index (χ0v) is 16.6. The lowest BCUT2D eigenvalue weighted by Crippen LogP contribution is -2.06. The molecule has 0 fully saturated rings. The van der Waals surface area contributed by atoms with Crippen molar-refractivity contribution in [1.82, 2.24) is 9.97 Å². The lowest BCUT2D eigenvalue weighted by atomic mass is 10.2. The summed E-state index contributed by atoms with van der Waals surface area (Å²) in [5.41, 5.74) is 0.850. The highest BCUT2D eigenvalue weighted by Crippen LogP contribution is 2.36. The van der Waals surface area contributed by atoms with Gasteiger partial charge in [0, 0.05) is 16.2 Å². The number of aromatic nitrogens is 2. The largest absolute Gasteiger partial charge is 0.497 e. The van der Waals surface area contributed by atoms with Crippen molar-refractivity contribution < 1.29 is 14.4 Å². The molecule has 144 valence electrons. The maximum atomic E-state index is 11.7. The fourth-order valence-electron chi connectivity index (χ4n) is 2.47. The van der Waals surface area contributed by atoms with Crippen LogP contribution in [0.4, 0.5) is 28.7 Å². The van der Waals surface area contributed by atoms with Crippen molar-refractivity contribution >= 4 is 44.6 Å². The molecule has 0 amide bonds. The Kier molecular flexibility index (Phi) is 5.90. The van der Waals surface area contributed by atoms with Gasteiger partial charge in [-0.2, -0.15) is 0 Å². The van der Waals surface area contributed by atoms with Crippen LogP contribution in [-0.2, 0) is 0 Å². The van der Waals surface area contributed by atoms with E-state index >= 15 is 0 Å². The SMILES string of the molecule is COc1ccc(Nc2ncnc(Nc3cccc(Br)c3)c2[N+](=O)[O-])c(OC)c1. The molecular weight excluding hydrogens is 430 g/mol. The van der Waals surface area contributed by atoms with E-state index in [-0.39, 0.29) is 17.3 Å². The number of anilines is 4. The highest BCUT2D eigenvalue weighted by molar-refractivity contribution is 9.10. The summed E-state index contributed by atoms with van der Waals surface area (Å²) in [6, 6.07) is 12.3. The Balaban J connectivity index is 1.99. The van der Waals surface area contributed by atoms with E-state index in [9.17, 15) is 10.1 Å². The van der Waals surface area contributed by atoms with Gasteiger partial charge in [0.15, 0.2) is 0 Å². The van der Waals surface area contributed by atoms with E-state index in [4.69, 9.17) is 9.47 Å². The predicted octanol–water partition coefficient (Wildman–Crippen LogP) is 4.65. The van der Waals surface area contributed by atoms with Crippen molar-refractivity contribution in [3.8, 4) is 11.5 Å². The van der Waals surface area contributed by atoms with Gasteiger partial charge in [-0.25, -0.2) is 9.97 Å². The molecule has 0 aliphatic heterocycles. The number of rotatable bonds is 7. The Morgan fingerprint density at radius 3 is 2.43 bits per heavy atom. The van der Waals surface area contributed by atoms with Crippen molar-refractivity contribution in [2.75, 3.05) is 24.9 Å². The van der Waals surface area contributed by atoms with Crippen LogP contribution in [0, 0.1) is 10.1 Å². The first-order chi connectivity index (χ1) is 13.5. The Morgan fingerprint density at radius 2 is 1.79 bits per heavy atom. The summed E-state index contributed by atoms with van der Waals surface area (Å²) in [5, 5.41) is 17.6. The molecule has 0 spiro atoms. The van der Waals surface area contributed by atoms with Gasteiger partial charge < -0.3 is 20.1 Å². The molecule has 9 nitrogen and oxygen atoms in total. The second kappa shape index (κ2) is 8.53. The van der Waals surface area contributed by atoms with Crippen LogP contribution in [0.25, 0.3) is 0 Å². The Labute approximate surface area is 169 Å². The molecule has 0 aliphatic carbocycles. The van der Waals surface area contributed by atoms with E-state index in [2.05, 4.69) is 36.5 Å². The molecule has 0 radical (unpaired) electrons. The minimum atomic E-state index is -0.543. The molecule has 28 heavy (non-hydrogen) atoms. The standard InChI is InChI=1S/C18H16BrN5O4/c1-27-13-6-7-14(15(9-13)28-2)23-18-16(24(25)26)17(20-10-21-18)22-12-5-3-4-11(19)8-12/h3-10H,1-2H3,(H2,20,21,22,23). The molecule has 0 bridgehead atoms.